The standard InChI is InChI=1S/C21H18ClF3N2O/c22-19-14-17(27-12-4-7-16(27)6-1-2-11-26)9-10-20(19)28-18-8-3-5-15(13-18)21(23,24)25/h3-5,7-10,13-14,16H,6,11-12,26H2. The molecule has 1 aliphatic heterocycles. The first-order valence-corrected chi connectivity index (χ1v) is 9.00. The molecule has 2 N–H and O–H groups in total. The first-order valence-electron chi connectivity index (χ1n) is 8.62. The van der Waals surface area contributed by atoms with E-state index in [4.69, 9.17) is 22.1 Å². The Labute approximate surface area is 166 Å². The minimum atomic E-state index is -4.43. The highest BCUT2D eigenvalue weighted by molar-refractivity contribution is 6.32. The Kier molecular flexibility index (Phi) is 6.18. The molecule has 0 amide bonds. The van der Waals surface area contributed by atoms with Crippen molar-refractivity contribution in [1.82, 2.24) is 0 Å². The summed E-state index contributed by atoms with van der Waals surface area (Å²) in [5.74, 6) is 6.25. The second-order valence-electron chi connectivity index (χ2n) is 6.15. The SMILES string of the molecule is NCC#CCC1C=CCN1c1ccc(Oc2cccc(C(F)(F)F)c2)c(Cl)c1. The maximum atomic E-state index is 12.8. The van der Waals surface area contributed by atoms with Crippen molar-refractivity contribution in [1.29, 1.82) is 0 Å². The van der Waals surface area contributed by atoms with Gasteiger partial charge in [-0.05, 0) is 36.4 Å². The van der Waals surface area contributed by atoms with Crippen molar-refractivity contribution in [2.75, 3.05) is 18.0 Å². The highest BCUT2D eigenvalue weighted by Gasteiger charge is 2.30. The first-order chi connectivity index (χ1) is 13.4. The van der Waals surface area contributed by atoms with E-state index in [1.54, 1.807) is 12.1 Å². The van der Waals surface area contributed by atoms with Crippen LogP contribution in [0, 0.1) is 11.8 Å². The van der Waals surface area contributed by atoms with Crippen LogP contribution in [0.5, 0.6) is 11.5 Å². The van der Waals surface area contributed by atoms with Crippen LogP contribution < -0.4 is 15.4 Å². The van der Waals surface area contributed by atoms with Gasteiger partial charge in [-0.15, -0.1) is 0 Å². The lowest BCUT2D eigenvalue weighted by atomic mass is 10.1. The molecule has 7 heteroatoms. The van der Waals surface area contributed by atoms with Gasteiger partial charge >= 0.3 is 6.18 Å². The van der Waals surface area contributed by atoms with Gasteiger partial charge in [0.25, 0.3) is 0 Å². The topological polar surface area (TPSA) is 38.5 Å². The normalized spacial score (nSPS) is 16.0. The summed E-state index contributed by atoms with van der Waals surface area (Å²) in [6.07, 6.45) is 0.341. The summed E-state index contributed by atoms with van der Waals surface area (Å²) in [4.78, 5) is 2.13. The predicted octanol–water partition coefficient (Wildman–Crippen LogP) is 5.25. The Morgan fingerprint density at radius 3 is 2.71 bits per heavy atom. The fraction of sp³-hybridized carbons (Fsp3) is 0.238. The zero-order valence-corrected chi connectivity index (χ0v) is 15.6. The monoisotopic (exact) mass is 406 g/mol. The first kappa shape index (κ1) is 20.1. The minimum Gasteiger partial charge on any atom is -0.456 e. The van der Waals surface area contributed by atoms with E-state index in [1.807, 2.05) is 6.07 Å². The van der Waals surface area contributed by atoms with Gasteiger partial charge in [0.15, 0.2) is 0 Å². The largest absolute Gasteiger partial charge is 0.456 e. The number of benzene rings is 2. The molecule has 1 heterocycles. The molecule has 2 aromatic carbocycles. The van der Waals surface area contributed by atoms with Crippen LogP contribution in [-0.2, 0) is 6.18 Å². The number of hydrogen-bond acceptors (Lipinski definition) is 3. The average Bonchev–Trinajstić information content (AvgIpc) is 3.12. The second-order valence-corrected chi connectivity index (χ2v) is 6.56. The van der Waals surface area contributed by atoms with Gasteiger partial charge < -0.3 is 15.4 Å². The number of nitrogens with zero attached hydrogens (tertiary/aromatic N) is 1. The maximum absolute atomic E-state index is 12.8. The molecule has 0 bridgehead atoms. The van der Waals surface area contributed by atoms with Crippen LogP contribution in [0.2, 0.25) is 5.02 Å². The molecule has 0 radical (unpaired) electrons. The lowest BCUT2D eigenvalue weighted by Gasteiger charge is -2.26. The second kappa shape index (κ2) is 8.59. The van der Waals surface area contributed by atoms with Gasteiger partial charge in [0.2, 0.25) is 0 Å². The number of ether oxygens (including phenoxy) is 1. The minimum absolute atomic E-state index is 0.0715. The van der Waals surface area contributed by atoms with Crippen molar-refractivity contribution in [2.45, 2.75) is 18.6 Å². The van der Waals surface area contributed by atoms with E-state index in [0.29, 0.717) is 18.0 Å². The van der Waals surface area contributed by atoms with E-state index in [2.05, 4.69) is 28.9 Å². The van der Waals surface area contributed by atoms with Crippen LogP contribution in [0.25, 0.3) is 0 Å². The number of rotatable bonds is 4. The predicted molar refractivity (Wildman–Crippen MR) is 105 cm³/mol. The number of alkyl halides is 3. The smallest absolute Gasteiger partial charge is 0.416 e. The van der Waals surface area contributed by atoms with Crippen molar-refractivity contribution in [3.63, 3.8) is 0 Å². The van der Waals surface area contributed by atoms with E-state index in [0.717, 1.165) is 24.4 Å². The van der Waals surface area contributed by atoms with Crippen LogP contribution in [0.15, 0.2) is 54.6 Å². The molecule has 1 atom stereocenters. The molecule has 0 aromatic heterocycles. The number of anilines is 1. The summed E-state index contributed by atoms with van der Waals surface area (Å²) in [5.41, 5.74) is 5.50. The van der Waals surface area contributed by atoms with Crippen LogP contribution in [0.4, 0.5) is 18.9 Å². The van der Waals surface area contributed by atoms with Crippen LogP contribution in [0.1, 0.15) is 12.0 Å². The van der Waals surface area contributed by atoms with Crippen LogP contribution >= 0.6 is 11.6 Å². The molecule has 1 unspecified atom stereocenters. The summed E-state index contributed by atoms with van der Waals surface area (Å²) < 4.78 is 44.1. The van der Waals surface area contributed by atoms with Gasteiger partial charge in [-0.1, -0.05) is 41.7 Å². The van der Waals surface area contributed by atoms with Gasteiger partial charge in [0.1, 0.15) is 11.5 Å². The van der Waals surface area contributed by atoms with Crippen molar-refractivity contribution in [3.05, 3.63) is 65.2 Å². The quantitative estimate of drug-likeness (QED) is 0.557. The molecule has 0 saturated heterocycles. The average molecular weight is 407 g/mol. The lowest BCUT2D eigenvalue weighted by molar-refractivity contribution is -0.137. The third-order valence-corrected chi connectivity index (χ3v) is 4.53. The summed E-state index contributed by atoms with van der Waals surface area (Å²) in [6.45, 7) is 1.04. The van der Waals surface area contributed by atoms with Gasteiger partial charge in [-0.25, -0.2) is 0 Å². The summed E-state index contributed by atoms with van der Waals surface area (Å²) in [5, 5.41) is 0.314. The highest BCUT2D eigenvalue weighted by Crippen LogP contribution is 2.36. The van der Waals surface area contributed by atoms with Crippen molar-refractivity contribution in [2.24, 2.45) is 5.73 Å². The molecular weight excluding hydrogens is 389 g/mol. The lowest BCUT2D eigenvalue weighted by Crippen LogP contribution is -2.29. The van der Waals surface area contributed by atoms with E-state index >= 15 is 0 Å². The molecule has 2 aromatic rings. The van der Waals surface area contributed by atoms with E-state index < -0.39 is 11.7 Å². The summed E-state index contributed by atoms with van der Waals surface area (Å²) in [7, 11) is 0. The third kappa shape index (κ3) is 4.80. The molecule has 0 aliphatic carbocycles. The number of halogens is 4. The Hall–Kier alpha value is -2.62. The number of nitrogens with two attached hydrogens (primary N) is 1. The third-order valence-electron chi connectivity index (χ3n) is 4.24. The van der Waals surface area contributed by atoms with Crippen molar-refractivity contribution < 1.29 is 17.9 Å². The van der Waals surface area contributed by atoms with Crippen LogP contribution in [-0.4, -0.2) is 19.1 Å². The molecule has 0 fully saturated rings. The fourth-order valence-electron chi connectivity index (χ4n) is 2.91. The van der Waals surface area contributed by atoms with Gasteiger partial charge in [-0.2, -0.15) is 13.2 Å². The molecule has 0 spiro atoms. The maximum Gasteiger partial charge on any atom is 0.416 e. The van der Waals surface area contributed by atoms with Gasteiger partial charge in [0.05, 0.1) is 23.2 Å². The Morgan fingerprint density at radius 2 is 2.00 bits per heavy atom. The van der Waals surface area contributed by atoms with Crippen LogP contribution in [0.3, 0.4) is 0 Å². The fourth-order valence-corrected chi connectivity index (χ4v) is 3.12. The molecule has 146 valence electrons. The Bertz CT molecular complexity index is 931. The van der Waals surface area contributed by atoms with Crippen molar-refractivity contribution >= 4 is 17.3 Å². The van der Waals surface area contributed by atoms with Crippen molar-refractivity contribution in [3.8, 4) is 23.3 Å². The van der Waals surface area contributed by atoms with Gasteiger partial charge in [-0.3, -0.25) is 0 Å². The van der Waals surface area contributed by atoms with E-state index in [9.17, 15) is 13.2 Å². The molecule has 3 nitrogen and oxygen atoms in total. The molecule has 28 heavy (non-hydrogen) atoms. The number of hydrogen-bond donors (Lipinski definition) is 1. The summed E-state index contributed by atoms with van der Waals surface area (Å²) in [6, 6.07) is 10.0. The molecule has 0 saturated carbocycles. The molecular formula is C21H18ClF3N2O. The van der Waals surface area contributed by atoms with E-state index in [-0.39, 0.29) is 17.5 Å². The Balaban J connectivity index is 1.76. The molecule has 3 rings (SSSR count). The zero-order chi connectivity index (χ0) is 20.1. The highest BCUT2D eigenvalue weighted by atomic mass is 35.5. The zero-order valence-electron chi connectivity index (χ0n) is 14.8. The van der Waals surface area contributed by atoms with Gasteiger partial charge in [0, 0.05) is 18.7 Å². The summed E-state index contributed by atoms with van der Waals surface area (Å²) >= 11 is 6.32. The van der Waals surface area contributed by atoms with E-state index in [1.165, 1.54) is 12.1 Å². The Morgan fingerprint density at radius 1 is 1.18 bits per heavy atom. The molecule has 1 aliphatic rings.